The molecule has 18 heavy (non-hydrogen) atoms. The van der Waals surface area contributed by atoms with Crippen LogP contribution in [0, 0.1) is 5.92 Å². The third-order valence-electron chi connectivity index (χ3n) is 3.58. The molecule has 1 fully saturated rings. The van der Waals surface area contributed by atoms with Crippen molar-refractivity contribution in [1.29, 1.82) is 0 Å². The molecule has 0 aromatic heterocycles. The van der Waals surface area contributed by atoms with Crippen molar-refractivity contribution in [2.75, 3.05) is 33.4 Å². The summed E-state index contributed by atoms with van der Waals surface area (Å²) in [5, 5.41) is 2.94. The van der Waals surface area contributed by atoms with E-state index in [4.69, 9.17) is 10.5 Å². The number of ether oxygens (including phenoxy) is 1. The van der Waals surface area contributed by atoms with E-state index in [-0.39, 0.29) is 17.9 Å². The average Bonchev–Trinajstić information content (AvgIpc) is 2.74. The Bertz CT molecular complexity index is 259. The predicted molar refractivity (Wildman–Crippen MR) is 72.3 cm³/mol. The lowest BCUT2D eigenvalue weighted by Crippen LogP contribution is -2.41. The molecule has 0 bridgehead atoms. The highest BCUT2D eigenvalue weighted by Gasteiger charge is 2.30. The molecule has 5 nitrogen and oxygen atoms in total. The van der Waals surface area contributed by atoms with E-state index in [0.29, 0.717) is 19.3 Å². The maximum atomic E-state index is 11.8. The van der Waals surface area contributed by atoms with Crippen molar-refractivity contribution in [1.82, 2.24) is 10.2 Å². The number of carbonyl (C=O) groups is 1. The van der Waals surface area contributed by atoms with Crippen LogP contribution in [0.15, 0.2) is 0 Å². The van der Waals surface area contributed by atoms with E-state index in [1.807, 2.05) is 0 Å². The van der Waals surface area contributed by atoms with Gasteiger partial charge in [0.2, 0.25) is 5.91 Å². The number of amides is 1. The van der Waals surface area contributed by atoms with Gasteiger partial charge in [0.15, 0.2) is 0 Å². The molecule has 1 rings (SSSR count). The highest BCUT2D eigenvalue weighted by atomic mass is 16.5. The summed E-state index contributed by atoms with van der Waals surface area (Å²) in [7, 11) is 2.12. The zero-order chi connectivity index (χ0) is 13.5. The third kappa shape index (κ3) is 4.92. The molecular weight excluding hydrogens is 230 g/mol. The number of carbonyl (C=O) groups excluding carboxylic acids is 1. The molecule has 0 aromatic carbocycles. The Morgan fingerprint density at radius 1 is 1.44 bits per heavy atom. The first kappa shape index (κ1) is 15.4. The van der Waals surface area contributed by atoms with Gasteiger partial charge in [-0.25, -0.2) is 0 Å². The summed E-state index contributed by atoms with van der Waals surface area (Å²) in [5.41, 5.74) is 5.79. The lowest BCUT2D eigenvalue weighted by Gasteiger charge is -2.20. The Kier molecular flexibility index (Phi) is 6.60. The molecule has 2 atom stereocenters. The Labute approximate surface area is 110 Å². The second-order valence-electron chi connectivity index (χ2n) is 5.38. The molecule has 1 amide bonds. The van der Waals surface area contributed by atoms with Crippen molar-refractivity contribution in [3.05, 3.63) is 0 Å². The molecule has 1 saturated heterocycles. The summed E-state index contributed by atoms with van der Waals surface area (Å²) in [4.78, 5) is 14.1. The Morgan fingerprint density at radius 3 is 2.72 bits per heavy atom. The van der Waals surface area contributed by atoms with Gasteiger partial charge >= 0.3 is 0 Å². The third-order valence-corrected chi connectivity index (χ3v) is 3.58. The van der Waals surface area contributed by atoms with Crippen molar-refractivity contribution < 1.29 is 9.53 Å². The Morgan fingerprint density at radius 2 is 2.17 bits per heavy atom. The van der Waals surface area contributed by atoms with Gasteiger partial charge in [-0.2, -0.15) is 0 Å². The minimum atomic E-state index is -0.164. The first-order chi connectivity index (χ1) is 8.52. The number of nitrogens with zero attached hydrogens (tertiary/aromatic N) is 1. The topological polar surface area (TPSA) is 67.6 Å². The number of rotatable bonds is 7. The lowest BCUT2D eigenvalue weighted by atomic mass is 10.0. The molecule has 1 aliphatic rings. The summed E-state index contributed by atoms with van der Waals surface area (Å²) < 4.78 is 5.18. The minimum Gasteiger partial charge on any atom is -0.379 e. The van der Waals surface area contributed by atoms with E-state index >= 15 is 0 Å². The van der Waals surface area contributed by atoms with Crippen LogP contribution in [-0.4, -0.2) is 56.2 Å². The largest absolute Gasteiger partial charge is 0.379 e. The van der Waals surface area contributed by atoms with Gasteiger partial charge in [-0.05, 0) is 40.3 Å². The second-order valence-corrected chi connectivity index (χ2v) is 5.38. The highest BCUT2D eigenvalue weighted by Crippen LogP contribution is 2.11. The monoisotopic (exact) mass is 257 g/mol. The Balaban J connectivity index is 2.05. The standard InChI is InChI=1S/C13H27N3O2/c1-10(2)16(3)7-5-4-6-15-13(17)11-8-18-9-12(11)14/h10-12H,4-9,14H2,1-3H3,(H,15,17). The smallest absolute Gasteiger partial charge is 0.227 e. The van der Waals surface area contributed by atoms with Crippen LogP contribution in [-0.2, 0) is 9.53 Å². The molecule has 3 N–H and O–H groups in total. The van der Waals surface area contributed by atoms with Crippen LogP contribution in [0.4, 0.5) is 0 Å². The molecule has 0 radical (unpaired) electrons. The van der Waals surface area contributed by atoms with Gasteiger partial charge < -0.3 is 20.7 Å². The highest BCUT2D eigenvalue weighted by molar-refractivity contribution is 5.79. The molecule has 106 valence electrons. The van der Waals surface area contributed by atoms with Crippen molar-refractivity contribution in [3.8, 4) is 0 Å². The fourth-order valence-electron chi connectivity index (χ4n) is 1.93. The van der Waals surface area contributed by atoms with Crippen LogP contribution >= 0.6 is 0 Å². The number of hydrogen-bond acceptors (Lipinski definition) is 4. The summed E-state index contributed by atoms with van der Waals surface area (Å²) in [5.74, 6) is -0.124. The summed E-state index contributed by atoms with van der Waals surface area (Å²) >= 11 is 0. The lowest BCUT2D eigenvalue weighted by molar-refractivity contribution is -0.125. The molecule has 0 saturated carbocycles. The predicted octanol–water partition coefficient (Wildman–Crippen LogP) is 0.197. The minimum absolute atomic E-state index is 0.0391. The van der Waals surface area contributed by atoms with Gasteiger partial charge in [0.25, 0.3) is 0 Å². The molecular formula is C13H27N3O2. The van der Waals surface area contributed by atoms with Crippen LogP contribution in [0.3, 0.4) is 0 Å². The van der Waals surface area contributed by atoms with E-state index in [1.54, 1.807) is 0 Å². The van der Waals surface area contributed by atoms with Crippen LogP contribution in [0.2, 0.25) is 0 Å². The maximum Gasteiger partial charge on any atom is 0.227 e. The van der Waals surface area contributed by atoms with Gasteiger partial charge in [0.05, 0.1) is 19.1 Å². The van der Waals surface area contributed by atoms with Gasteiger partial charge in [0, 0.05) is 18.6 Å². The summed E-state index contributed by atoms with van der Waals surface area (Å²) in [6.45, 7) is 7.13. The van der Waals surface area contributed by atoms with E-state index < -0.39 is 0 Å². The molecule has 0 aliphatic carbocycles. The van der Waals surface area contributed by atoms with Gasteiger partial charge in [-0.15, -0.1) is 0 Å². The average molecular weight is 257 g/mol. The number of hydrogen-bond donors (Lipinski definition) is 2. The number of nitrogens with two attached hydrogens (primary N) is 1. The Hall–Kier alpha value is -0.650. The van der Waals surface area contributed by atoms with Crippen molar-refractivity contribution >= 4 is 5.91 Å². The molecule has 2 unspecified atom stereocenters. The van der Waals surface area contributed by atoms with Crippen molar-refractivity contribution in [2.45, 2.75) is 38.8 Å². The van der Waals surface area contributed by atoms with Crippen LogP contribution in [0.25, 0.3) is 0 Å². The maximum absolute atomic E-state index is 11.8. The zero-order valence-corrected chi connectivity index (χ0v) is 11.8. The zero-order valence-electron chi connectivity index (χ0n) is 11.8. The summed E-state index contributed by atoms with van der Waals surface area (Å²) in [6, 6.07) is 0.435. The SMILES string of the molecule is CC(C)N(C)CCCCNC(=O)C1COCC1N. The number of nitrogens with one attached hydrogen (secondary N) is 1. The van der Waals surface area contributed by atoms with Crippen molar-refractivity contribution in [3.63, 3.8) is 0 Å². The first-order valence-corrected chi connectivity index (χ1v) is 6.83. The number of unbranched alkanes of at least 4 members (excludes halogenated alkanes) is 1. The molecule has 1 heterocycles. The fraction of sp³-hybridized carbons (Fsp3) is 0.923. The molecule has 1 aliphatic heterocycles. The van der Waals surface area contributed by atoms with Crippen LogP contribution < -0.4 is 11.1 Å². The normalized spacial score (nSPS) is 23.9. The molecule has 0 spiro atoms. The first-order valence-electron chi connectivity index (χ1n) is 6.83. The van der Waals surface area contributed by atoms with Gasteiger partial charge in [0.1, 0.15) is 0 Å². The van der Waals surface area contributed by atoms with Crippen LogP contribution in [0.1, 0.15) is 26.7 Å². The van der Waals surface area contributed by atoms with E-state index in [2.05, 4.69) is 31.1 Å². The van der Waals surface area contributed by atoms with Crippen LogP contribution in [0.5, 0.6) is 0 Å². The van der Waals surface area contributed by atoms with Gasteiger partial charge in [-0.1, -0.05) is 0 Å². The van der Waals surface area contributed by atoms with E-state index in [0.717, 1.165) is 25.9 Å². The molecule has 5 heteroatoms. The molecule has 0 aromatic rings. The summed E-state index contributed by atoms with van der Waals surface area (Å²) in [6.07, 6.45) is 2.10. The van der Waals surface area contributed by atoms with E-state index in [1.165, 1.54) is 0 Å². The van der Waals surface area contributed by atoms with Gasteiger partial charge in [-0.3, -0.25) is 4.79 Å². The second kappa shape index (κ2) is 7.71. The van der Waals surface area contributed by atoms with Crippen molar-refractivity contribution in [2.24, 2.45) is 11.7 Å². The quantitative estimate of drug-likeness (QED) is 0.639. The fourth-order valence-corrected chi connectivity index (χ4v) is 1.93. The van der Waals surface area contributed by atoms with E-state index in [9.17, 15) is 4.79 Å².